The molecule has 0 unspecified atom stereocenters. The van der Waals surface area contributed by atoms with Crippen molar-refractivity contribution >= 4 is 12.0 Å². The van der Waals surface area contributed by atoms with Crippen LogP contribution in [-0.2, 0) is 16.0 Å². The summed E-state index contributed by atoms with van der Waals surface area (Å²) in [5, 5.41) is 12.7. The third kappa shape index (κ3) is 6.02. The summed E-state index contributed by atoms with van der Waals surface area (Å²) in [6.07, 6.45) is 5.67. The number of hydrogen-bond acceptors (Lipinski definition) is 5. The minimum Gasteiger partial charge on any atom is -0.504 e. The van der Waals surface area contributed by atoms with E-state index < -0.39 is 0 Å². The number of nitrogens with one attached hydrogen (secondary N) is 1. The zero-order valence-corrected chi connectivity index (χ0v) is 17.4. The third-order valence-electron chi connectivity index (χ3n) is 5.96. The van der Waals surface area contributed by atoms with Gasteiger partial charge in [-0.25, -0.2) is 4.79 Å². The Hall–Kier alpha value is -2.44. The van der Waals surface area contributed by atoms with Gasteiger partial charge in [-0.2, -0.15) is 0 Å². The number of likely N-dealkylation sites (tertiary alicyclic amines) is 1. The van der Waals surface area contributed by atoms with Crippen LogP contribution in [0.5, 0.6) is 11.5 Å². The van der Waals surface area contributed by atoms with Crippen molar-refractivity contribution in [1.29, 1.82) is 0 Å². The van der Waals surface area contributed by atoms with Crippen LogP contribution in [0.4, 0.5) is 4.79 Å². The van der Waals surface area contributed by atoms with Crippen LogP contribution >= 0.6 is 0 Å². The van der Waals surface area contributed by atoms with E-state index in [2.05, 4.69) is 12.2 Å². The van der Waals surface area contributed by atoms with Crippen molar-refractivity contribution < 1.29 is 24.2 Å². The van der Waals surface area contributed by atoms with Gasteiger partial charge in [-0.1, -0.05) is 13.0 Å². The molecule has 0 atom stereocenters. The molecule has 7 heteroatoms. The van der Waals surface area contributed by atoms with Crippen molar-refractivity contribution in [2.45, 2.75) is 64.0 Å². The number of carbonyl (C=O) groups excluding carboxylic acids is 2. The molecule has 0 bridgehead atoms. The molecular weight excluding hydrogens is 372 g/mol. The molecule has 1 heterocycles. The van der Waals surface area contributed by atoms with E-state index >= 15 is 0 Å². The molecule has 160 valence electrons. The van der Waals surface area contributed by atoms with E-state index in [1.54, 1.807) is 17.0 Å². The minimum absolute atomic E-state index is 0.0541. The topological polar surface area (TPSA) is 88.1 Å². The lowest BCUT2D eigenvalue weighted by Crippen LogP contribution is -2.47. The highest BCUT2D eigenvalue weighted by molar-refractivity contribution is 5.79. The number of aromatic hydroxyl groups is 1. The Morgan fingerprint density at radius 2 is 1.83 bits per heavy atom. The van der Waals surface area contributed by atoms with Crippen molar-refractivity contribution in [3.05, 3.63) is 23.8 Å². The van der Waals surface area contributed by atoms with Crippen LogP contribution in [0.25, 0.3) is 0 Å². The van der Waals surface area contributed by atoms with Gasteiger partial charge in [0, 0.05) is 19.1 Å². The summed E-state index contributed by atoms with van der Waals surface area (Å²) in [5.41, 5.74) is 0.778. The van der Waals surface area contributed by atoms with E-state index in [1.807, 2.05) is 0 Å². The summed E-state index contributed by atoms with van der Waals surface area (Å²) in [5.74, 6) is 1.07. The number of benzene rings is 1. The van der Waals surface area contributed by atoms with E-state index in [0.29, 0.717) is 18.8 Å². The van der Waals surface area contributed by atoms with E-state index in [0.717, 1.165) is 50.0 Å². The number of hydrogen-bond donors (Lipinski definition) is 2. The lowest BCUT2D eigenvalue weighted by Gasteiger charge is -2.34. The van der Waals surface area contributed by atoms with E-state index in [1.165, 1.54) is 13.2 Å². The molecule has 0 spiro atoms. The van der Waals surface area contributed by atoms with Gasteiger partial charge in [-0.05, 0) is 62.1 Å². The van der Waals surface area contributed by atoms with Crippen molar-refractivity contribution in [2.75, 3.05) is 20.2 Å². The number of phenols is 1. The van der Waals surface area contributed by atoms with Crippen LogP contribution in [-0.4, -0.2) is 54.4 Å². The predicted octanol–water partition coefficient (Wildman–Crippen LogP) is 3.24. The summed E-state index contributed by atoms with van der Waals surface area (Å²) in [7, 11) is 1.48. The molecule has 7 nitrogen and oxygen atoms in total. The molecule has 0 aromatic heterocycles. The predicted molar refractivity (Wildman–Crippen MR) is 109 cm³/mol. The van der Waals surface area contributed by atoms with Gasteiger partial charge in [0.25, 0.3) is 0 Å². The summed E-state index contributed by atoms with van der Waals surface area (Å²) in [6.45, 7) is 3.44. The maximum absolute atomic E-state index is 12.4. The molecule has 1 saturated heterocycles. The number of methoxy groups -OCH3 is 1. The standard InChI is InChI=1S/C22H32N2O5/c1-15-3-6-18(7-4-15)29-22(27)24-11-9-17(10-12-24)23-21(26)14-16-5-8-19(25)20(13-16)28-2/h5,8,13,15,17-18,25H,3-4,6-7,9-12,14H2,1-2H3,(H,23,26)/t15-,18+. The Balaban J connectivity index is 1.40. The molecule has 1 aliphatic heterocycles. The Bertz CT molecular complexity index is 707. The number of piperidine rings is 1. The van der Waals surface area contributed by atoms with Crippen LogP contribution < -0.4 is 10.1 Å². The lowest BCUT2D eigenvalue weighted by atomic mass is 9.89. The van der Waals surface area contributed by atoms with Gasteiger partial charge in [0.15, 0.2) is 11.5 Å². The highest BCUT2D eigenvalue weighted by atomic mass is 16.6. The van der Waals surface area contributed by atoms with E-state index in [9.17, 15) is 14.7 Å². The van der Waals surface area contributed by atoms with Gasteiger partial charge in [0.05, 0.1) is 13.5 Å². The van der Waals surface area contributed by atoms with Crippen LogP contribution in [0.2, 0.25) is 0 Å². The van der Waals surface area contributed by atoms with E-state index in [4.69, 9.17) is 9.47 Å². The van der Waals surface area contributed by atoms with Crippen molar-refractivity contribution in [1.82, 2.24) is 10.2 Å². The maximum Gasteiger partial charge on any atom is 0.410 e. The molecule has 29 heavy (non-hydrogen) atoms. The fraction of sp³-hybridized carbons (Fsp3) is 0.636. The Labute approximate surface area is 172 Å². The number of rotatable bonds is 5. The molecule has 2 N–H and O–H groups in total. The second kappa shape index (κ2) is 9.85. The fourth-order valence-corrected chi connectivity index (χ4v) is 4.07. The summed E-state index contributed by atoms with van der Waals surface area (Å²) in [6, 6.07) is 4.96. The highest BCUT2D eigenvalue weighted by Gasteiger charge is 2.28. The van der Waals surface area contributed by atoms with Gasteiger partial charge in [0.1, 0.15) is 6.10 Å². The van der Waals surface area contributed by atoms with Crippen molar-refractivity contribution in [3.63, 3.8) is 0 Å². The third-order valence-corrected chi connectivity index (χ3v) is 5.96. The first-order chi connectivity index (χ1) is 13.9. The first-order valence-electron chi connectivity index (χ1n) is 10.6. The quantitative estimate of drug-likeness (QED) is 0.787. The smallest absolute Gasteiger partial charge is 0.410 e. The Kier molecular flexibility index (Phi) is 7.23. The Morgan fingerprint density at radius 3 is 2.48 bits per heavy atom. The lowest BCUT2D eigenvalue weighted by molar-refractivity contribution is -0.121. The summed E-state index contributed by atoms with van der Waals surface area (Å²) < 4.78 is 10.8. The molecule has 1 saturated carbocycles. The molecular formula is C22H32N2O5. The second-order valence-electron chi connectivity index (χ2n) is 8.28. The highest BCUT2D eigenvalue weighted by Crippen LogP contribution is 2.27. The number of carbonyl (C=O) groups is 2. The normalized spacial score (nSPS) is 22.8. The van der Waals surface area contributed by atoms with Crippen LogP contribution in [0.1, 0.15) is 51.0 Å². The first kappa shape index (κ1) is 21.3. The van der Waals surface area contributed by atoms with Crippen molar-refractivity contribution in [3.8, 4) is 11.5 Å². The maximum atomic E-state index is 12.4. The molecule has 0 radical (unpaired) electrons. The van der Waals surface area contributed by atoms with Gasteiger partial charge < -0.3 is 24.8 Å². The molecule has 1 aromatic rings. The average molecular weight is 405 g/mol. The second-order valence-corrected chi connectivity index (χ2v) is 8.28. The van der Waals surface area contributed by atoms with E-state index in [-0.39, 0.29) is 36.3 Å². The van der Waals surface area contributed by atoms with Crippen LogP contribution in [0, 0.1) is 5.92 Å². The van der Waals surface area contributed by atoms with Crippen LogP contribution in [0.3, 0.4) is 0 Å². The van der Waals surface area contributed by atoms with Crippen LogP contribution in [0.15, 0.2) is 18.2 Å². The average Bonchev–Trinajstić information content (AvgIpc) is 2.71. The molecule has 3 rings (SSSR count). The zero-order valence-electron chi connectivity index (χ0n) is 17.4. The number of nitrogens with zero attached hydrogens (tertiary/aromatic N) is 1. The molecule has 1 aliphatic carbocycles. The molecule has 2 fully saturated rings. The zero-order chi connectivity index (χ0) is 20.8. The number of phenolic OH excluding ortho intramolecular Hbond substituents is 1. The number of amides is 2. The fourth-order valence-electron chi connectivity index (χ4n) is 4.07. The minimum atomic E-state index is -0.217. The summed E-state index contributed by atoms with van der Waals surface area (Å²) in [4.78, 5) is 26.5. The Morgan fingerprint density at radius 1 is 1.14 bits per heavy atom. The SMILES string of the molecule is COc1cc(CC(=O)NC2CCN(C(=O)O[C@H]3CC[C@@H](C)CC3)CC2)ccc1O. The first-order valence-corrected chi connectivity index (χ1v) is 10.6. The van der Waals surface area contributed by atoms with Gasteiger partial charge in [-0.3, -0.25) is 4.79 Å². The summed E-state index contributed by atoms with van der Waals surface area (Å²) >= 11 is 0. The molecule has 1 aromatic carbocycles. The number of ether oxygens (including phenoxy) is 2. The van der Waals surface area contributed by atoms with Gasteiger partial charge >= 0.3 is 6.09 Å². The van der Waals surface area contributed by atoms with Gasteiger partial charge in [0.2, 0.25) is 5.91 Å². The molecule has 2 aliphatic rings. The van der Waals surface area contributed by atoms with Gasteiger partial charge in [-0.15, -0.1) is 0 Å². The molecule has 2 amide bonds. The monoisotopic (exact) mass is 404 g/mol. The largest absolute Gasteiger partial charge is 0.504 e. The van der Waals surface area contributed by atoms with Crippen molar-refractivity contribution in [2.24, 2.45) is 5.92 Å².